The number of amidine groups is 1. The molecule has 0 spiro atoms. The van der Waals surface area contributed by atoms with Crippen LogP contribution in [-0.2, 0) is 9.53 Å². The molecule has 0 bridgehead atoms. The molecule has 1 aliphatic heterocycles. The number of carbonyl (C=O) groups is 1. The maximum atomic E-state index is 12.4. The summed E-state index contributed by atoms with van der Waals surface area (Å²) in [5.41, 5.74) is 0. The van der Waals surface area contributed by atoms with Crippen molar-refractivity contribution in [3.05, 3.63) is 0 Å². The van der Waals surface area contributed by atoms with Crippen molar-refractivity contribution in [2.45, 2.75) is 25.3 Å². The number of hydrogen-bond donors (Lipinski definition) is 1. The Morgan fingerprint density at radius 1 is 1.56 bits per heavy atom. The monoisotopic (exact) mass is 242 g/mol. The van der Waals surface area contributed by atoms with Crippen molar-refractivity contribution < 1.29 is 27.1 Å². The van der Waals surface area contributed by atoms with Crippen LogP contribution >= 0.6 is 0 Å². The first-order chi connectivity index (χ1) is 7.33. The summed E-state index contributed by atoms with van der Waals surface area (Å²) in [5.74, 6) is -4.49. The van der Waals surface area contributed by atoms with Gasteiger partial charge in [0.15, 0.2) is 0 Å². The molecule has 1 N–H and O–H groups in total. The van der Waals surface area contributed by atoms with Gasteiger partial charge in [0.25, 0.3) is 0 Å². The Morgan fingerprint density at radius 3 is 2.62 bits per heavy atom. The molecule has 0 aliphatic carbocycles. The summed E-state index contributed by atoms with van der Waals surface area (Å²) < 4.78 is 52.5. The molecule has 0 aromatic heterocycles. The second-order valence-electron chi connectivity index (χ2n) is 3.30. The predicted octanol–water partition coefficient (Wildman–Crippen LogP) is 0.820. The van der Waals surface area contributed by atoms with Gasteiger partial charge in [0.05, 0.1) is 0 Å². The van der Waals surface area contributed by atoms with E-state index in [0.29, 0.717) is 0 Å². The average Bonchev–Trinajstić information content (AvgIpc) is 2.45. The van der Waals surface area contributed by atoms with Crippen molar-refractivity contribution in [3.8, 4) is 0 Å². The van der Waals surface area contributed by atoms with Gasteiger partial charge in [0.2, 0.25) is 5.91 Å². The predicted molar refractivity (Wildman–Crippen MR) is 46.8 cm³/mol. The SMILES string of the molecule is CC1N=C(COCC(F)(F)C(F)F)NC1=O. The van der Waals surface area contributed by atoms with Crippen LogP contribution in [0, 0.1) is 0 Å². The van der Waals surface area contributed by atoms with E-state index in [9.17, 15) is 22.4 Å². The van der Waals surface area contributed by atoms with E-state index in [1.807, 2.05) is 0 Å². The van der Waals surface area contributed by atoms with E-state index in [4.69, 9.17) is 0 Å². The van der Waals surface area contributed by atoms with Crippen LogP contribution < -0.4 is 5.32 Å². The van der Waals surface area contributed by atoms with E-state index in [0.717, 1.165) is 0 Å². The zero-order valence-corrected chi connectivity index (χ0v) is 8.34. The van der Waals surface area contributed by atoms with Gasteiger partial charge in [-0.1, -0.05) is 0 Å². The number of ether oxygens (including phenoxy) is 1. The molecule has 1 aliphatic rings. The first kappa shape index (κ1) is 12.9. The van der Waals surface area contributed by atoms with Gasteiger partial charge in [0.1, 0.15) is 25.1 Å². The minimum absolute atomic E-state index is 0.0718. The smallest absolute Gasteiger partial charge is 0.330 e. The minimum atomic E-state index is -4.19. The highest BCUT2D eigenvalue weighted by Crippen LogP contribution is 2.22. The number of carbonyl (C=O) groups excluding carboxylic acids is 1. The van der Waals surface area contributed by atoms with Crippen LogP contribution in [0.2, 0.25) is 0 Å². The summed E-state index contributed by atoms with van der Waals surface area (Å²) in [6.07, 6.45) is -3.77. The molecule has 1 unspecified atom stereocenters. The Labute approximate surface area is 88.7 Å². The standard InChI is InChI=1S/C8H10F4N2O2/c1-4-6(15)14-5(13-4)2-16-3-8(11,12)7(9)10/h4,7H,2-3H2,1H3,(H,13,14,15). The molecule has 4 nitrogen and oxygen atoms in total. The Hall–Kier alpha value is -1.18. The molecule has 1 atom stereocenters. The van der Waals surface area contributed by atoms with Crippen molar-refractivity contribution in [3.63, 3.8) is 0 Å². The van der Waals surface area contributed by atoms with Gasteiger partial charge < -0.3 is 10.1 Å². The van der Waals surface area contributed by atoms with E-state index in [1.165, 1.54) is 6.92 Å². The van der Waals surface area contributed by atoms with E-state index >= 15 is 0 Å². The van der Waals surface area contributed by atoms with Gasteiger partial charge in [-0.2, -0.15) is 8.78 Å². The number of nitrogens with one attached hydrogen (secondary N) is 1. The molecular formula is C8H10F4N2O2. The highest BCUT2D eigenvalue weighted by atomic mass is 19.3. The normalized spacial score (nSPS) is 21.2. The van der Waals surface area contributed by atoms with Gasteiger partial charge in [-0.3, -0.25) is 9.79 Å². The van der Waals surface area contributed by atoms with Gasteiger partial charge in [-0.05, 0) is 6.92 Å². The van der Waals surface area contributed by atoms with Gasteiger partial charge >= 0.3 is 12.3 Å². The Morgan fingerprint density at radius 2 is 2.19 bits per heavy atom. The van der Waals surface area contributed by atoms with Crippen molar-refractivity contribution in [1.82, 2.24) is 5.32 Å². The fraction of sp³-hybridized carbons (Fsp3) is 0.750. The molecule has 0 saturated heterocycles. The van der Waals surface area contributed by atoms with Crippen molar-refractivity contribution in [2.24, 2.45) is 4.99 Å². The molecule has 1 heterocycles. The lowest BCUT2D eigenvalue weighted by atomic mass is 10.4. The van der Waals surface area contributed by atoms with E-state index in [-0.39, 0.29) is 11.7 Å². The third kappa shape index (κ3) is 3.16. The highest BCUT2D eigenvalue weighted by Gasteiger charge is 2.41. The lowest BCUT2D eigenvalue weighted by Gasteiger charge is -2.14. The zero-order chi connectivity index (χ0) is 12.3. The number of alkyl halides is 4. The van der Waals surface area contributed by atoms with Crippen LogP contribution in [0.5, 0.6) is 0 Å². The van der Waals surface area contributed by atoms with E-state index in [2.05, 4.69) is 15.0 Å². The molecule has 0 aromatic carbocycles. The molecule has 0 fully saturated rings. The fourth-order valence-electron chi connectivity index (χ4n) is 0.991. The molecule has 0 saturated carbocycles. The van der Waals surface area contributed by atoms with Crippen molar-refractivity contribution >= 4 is 11.7 Å². The summed E-state index contributed by atoms with van der Waals surface area (Å²) in [4.78, 5) is 14.6. The lowest BCUT2D eigenvalue weighted by Crippen LogP contribution is -2.35. The number of nitrogens with zero attached hydrogens (tertiary/aromatic N) is 1. The molecule has 16 heavy (non-hydrogen) atoms. The molecule has 92 valence electrons. The average molecular weight is 242 g/mol. The first-order valence-electron chi connectivity index (χ1n) is 4.44. The molecule has 1 rings (SSSR count). The van der Waals surface area contributed by atoms with E-state index in [1.54, 1.807) is 0 Å². The first-order valence-corrected chi connectivity index (χ1v) is 4.44. The van der Waals surface area contributed by atoms with Crippen LogP contribution in [0.4, 0.5) is 17.6 Å². The van der Waals surface area contributed by atoms with Crippen molar-refractivity contribution in [2.75, 3.05) is 13.2 Å². The van der Waals surface area contributed by atoms with Crippen molar-refractivity contribution in [1.29, 1.82) is 0 Å². The van der Waals surface area contributed by atoms with Crippen LogP contribution in [0.1, 0.15) is 6.92 Å². The second-order valence-corrected chi connectivity index (χ2v) is 3.30. The Kier molecular flexibility index (Phi) is 3.84. The topological polar surface area (TPSA) is 50.7 Å². The van der Waals surface area contributed by atoms with Gasteiger partial charge in [-0.25, -0.2) is 8.78 Å². The summed E-state index contributed by atoms with van der Waals surface area (Å²) in [6, 6.07) is -0.603. The molecule has 8 heteroatoms. The summed E-state index contributed by atoms with van der Waals surface area (Å²) in [7, 11) is 0. The van der Waals surface area contributed by atoms with Crippen LogP contribution in [0.15, 0.2) is 4.99 Å². The van der Waals surface area contributed by atoms with Crippen LogP contribution in [0.25, 0.3) is 0 Å². The minimum Gasteiger partial charge on any atom is -0.367 e. The van der Waals surface area contributed by atoms with E-state index < -0.39 is 31.6 Å². The fourth-order valence-corrected chi connectivity index (χ4v) is 0.991. The maximum Gasteiger partial charge on any atom is 0.330 e. The van der Waals surface area contributed by atoms with Crippen LogP contribution in [0.3, 0.4) is 0 Å². The highest BCUT2D eigenvalue weighted by molar-refractivity contribution is 6.06. The summed E-state index contributed by atoms with van der Waals surface area (Å²) in [6.45, 7) is -0.317. The Balaban J connectivity index is 2.32. The second kappa shape index (κ2) is 4.77. The zero-order valence-electron chi connectivity index (χ0n) is 8.34. The maximum absolute atomic E-state index is 12.4. The van der Waals surface area contributed by atoms with Crippen LogP contribution in [-0.4, -0.2) is 43.3 Å². The molecule has 1 amide bonds. The summed E-state index contributed by atoms with van der Waals surface area (Å²) >= 11 is 0. The third-order valence-corrected chi connectivity index (χ3v) is 1.85. The largest absolute Gasteiger partial charge is 0.367 e. The summed E-state index contributed by atoms with van der Waals surface area (Å²) in [5, 5.41) is 2.27. The lowest BCUT2D eigenvalue weighted by molar-refractivity contribution is -0.162. The number of amides is 1. The molecular weight excluding hydrogens is 232 g/mol. The number of halogens is 4. The quantitative estimate of drug-likeness (QED) is 0.725. The number of aliphatic imine (C=N–C) groups is 1. The third-order valence-electron chi connectivity index (χ3n) is 1.85. The van der Waals surface area contributed by atoms with Gasteiger partial charge in [0, 0.05) is 0 Å². The molecule has 0 aromatic rings. The number of rotatable bonds is 5. The van der Waals surface area contributed by atoms with Gasteiger partial charge in [-0.15, -0.1) is 0 Å². The molecule has 0 radical (unpaired) electrons. The Bertz CT molecular complexity index is 306. The number of hydrogen-bond acceptors (Lipinski definition) is 3.